The number of hydrogen-bond acceptors (Lipinski definition) is 3. The Morgan fingerprint density at radius 3 is 2.54 bits per heavy atom. The van der Waals surface area contributed by atoms with Crippen LogP contribution in [0.25, 0.3) is 6.08 Å². The van der Waals surface area contributed by atoms with Crippen molar-refractivity contribution in [1.82, 2.24) is 0 Å². The number of nitrogens with zero attached hydrogens (tertiary/aromatic N) is 3. The van der Waals surface area contributed by atoms with E-state index in [-0.39, 0.29) is 11.1 Å². The van der Waals surface area contributed by atoms with Crippen molar-refractivity contribution >= 4 is 11.8 Å². The van der Waals surface area contributed by atoms with E-state index in [2.05, 4.69) is 37.8 Å². The van der Waals surface area contributed by atoms with Crippen LogP contribution >= 0.6 is 0 Å². The van der Waals surface area contributed by atoms with Gasteiger partial charge in [0, 0.05) is 17.8 Å². The molecule has 24 heavy (non-hydrogen) atoms. The number of nitriles is 2. The molecule has 0 aliphatic carbocycles. The standard InChI is InChI=1S/C21H27N3/c1-4-5-6-7-8-11-24-20-10-9-17(12-18(15-22)16-23)13-19(20)14-21(24,2)3/h9-10,12-13H,4-8,11,14H2,1-3H3. The molecule has 0 aromatic heterocycles. The number of rotatable bonds is 7. The minimum absolute atomic E-state index is 0.128. The molecule has 1 aromatic rings. The van der Waals surface area contributed by atoms with Gasteiger partial charge >= 0.3 is 0 Å². The molecule has 126 valence electrons. The second-order valence-electron chi connectivity index (χ2n) is 7.22. The maximum absolute atomic E-state index is 8.92. The fourth-order valence-electron chi connectivity index (χ4n) is 3.54. The minimum atomic E-state index is 0.128. The molecular formula is C21H27N3. The molecule has 0 unspecified atom stereocenters. The lowest BCUT2D eigenvalue weighted by atomic mass is 9.98. The normalized spacial score (nSPS) is 14.6. The first-order valence-electron chi connectivity index (χ1n) is 8.94. The lowest BCUT2D eigenvalue weighted by Gasteiger charge is -2.34. The largest absolute Gasteiger partial charge is 0.366 e. The Hall–Kier alpha value is -2.26. The zero-order chi connectivity index (χ0) is 17.6. The summed E-state index contributed by atoms with van der Waals surface area (Å²) in [5.74, 6) is 0. The van der Waals surface area contributed by atoms with E-state index in [1.807, 2.05) is 18.2 Å². The Morgan fingerprint density at radius 1 is 1.17 bits per heavy atom. The summed E-state index contributed by atoms with van der Waals surface area (Å²) in [7, 11) is 0. The summed E-state index contributed by atoms with van der Waals surface area (Å²) in [6.07, 6.45) is 9.14. The molecule has 0 saturated heterocycles. The summed E-state index contributed by atoms with van der Waals surface area (Å²) in [4.78, 5) is 2.53. The fraction of sp³-hybridized carbons (Fsp3) is 0.524. The summed E-state index contributed by atoms with van der Waals surface area (Å²) in [6, 6.07) is 10.1. The van der Waals surface area contributed by atoms with Gasteiger partial charge < -0.3 is 4.90 Å². The van der Waals surface area contributed by atoms with E-state index in [4.69, 9.17) is 10.5 Å². The van der Waals surface area contributed by atoms with Gasteiger partial charge in [0.05, 0.1) is 0 Å². The molecule has 3 nitrogen and oxygen atoms in total. The van der Waals surface area contributed by atoms with Gasteiger partial charge in [-0.2, -0.15) is 10.5 Å². The van der Waals surface area contributed by atoms with Crippen molar-refractivity contribution in [2.45, 2.75) is 64.8 Å². The van der Waals surface area contributed by atoms with Crippen LogP contribution in [0.5, 0.6) is 0 Å². The van der Waals surface area contributed by atoms with Crippen LogP contribution in [0.4, 0.5) is 5.69 Å². The Labute approximate surface area is 146 Å². The monoisotopic (exact) mass is 321 g/mol. The van der Waals surface area contributed by atoms with Crippen molar-refractivity contribution in [2.24, 2.45) is 0 Å². The molecule has 0 saturated carbocycles. The Balaban J connectivity index is 2.13. The van der Waals surface area contributed by atoms with Crippen molar-refractivity contribution in [3.63, 3.8) is 0 Å². The van der Waals surface area contributed by atoms with Crippen LogP contribution in [0.2, 0.25) is 0 Å². The van der Waals surface area contributed by atoms with Crippen molar-refractivity contribution in [1.29, 1.82) is 10.5 Å². The number of benzene rings is 1. The van der Waals surface area contributed by atoms with Gasteiger partial charge in [0.1, 0.15) is 17.7 Å². The Morgan fingerprint density at radius 2 is 1.88 bits per heavy atom. The third kappa shape index (κ3) is 4.18. The highest BCUT2D eigenvalue weighted by molar-refractivity contribution is 5.69. The molecule has 0 N–H and O–H groups in total. The van der Waals surface area contributed by atoms with Crippen molar-refractivity contribution < 1.29 is 0 Å². The second-order valence-corrected chi connectivity index (χ2v) is 7.22. The molecular weight excluding hydrogens is 294 g/mol. The molecule has 1 aromatic carbocycles. The van der Waals surface area contributed by atoms with Crippen LogP contribution in [-0.2, 0) is 6.42 Å². The van der Waals surface area contributed by atoms with Crippen LogP contribution in [-0.4, -0.2) is 12.1 Å². The number of anilines is 1. The smallest absolute Gasteiger partial charge is 0.130 e. The summed E-state index contributed by atoms with van der Waals surface area (Å²) in [6.45, 7) is 7.94. The van der Waals surface area contributed by atoms with Gasteiger partial charge in [-0.1, -0.05) is 38.7 Å². The zero-order valence-electron chi connectivity index (χ0n) is 15.1. The SMILES string of the molecule is CCCCCCCN1c2ccc(C=C(C#N)C#N)cc2CC1(C)C. The molecule has 0 spiro atoms. The third-order valence-corrected chi connectivity index (χ3v) is 4.79. The number of hydrogen-bond donors (Lipinski definition) is 0. The molecule has 3 heteroatoms. The molecule has 0 bridgehead atoms. The van der Waals surface area contributed by atoms with E-state index in [9.17, 15) is 0 Å². The predicted octanol–water partition coefficient (Wildman–Crippen LogP) is 5.23. The van der Waals surface area contributed by atoms with Gasteiger partial charge in [0.2, 0.25) is 0 Å². The van der Waals surface area contributed by atoms with E-state index in [1.54, 1.807) is 6.08 Å². The van der Waals surface area contributed by atoms with Crippen molar-refractivity contribution in [3.05, 3.63) is 34.9 Å². The predicted molar refractivity (Wildman–Crippen MR) is 99.5 cm³/mol. The molecule has 1 heterocycles. The van der Waals surface area contributed by atoms with Crippen LogP contribution in [0.3, 0.4) is 0 Å². The molecule has 1 aliphatic heterocycles. The van der Waals surface area contributed by atoms with E-state index in [1.165, 1.54) is 43.4 Å². The van der Waals surface area contributed by atoms with Gasteiger partial charge in [-0.3, -0.25) is 0 Å². The van der Waals surface area contributed by atoms with Gasteiger partial charge in [-0.15, -0.1) is 0 Å². The third-order valence-electron chi connectivity index (χ3n) is 4.79. The highest BCUT2D eigenvalue weighted by atomic mass is 15.2. The lowest BCUT2D eigenvalue weighted by molar-refractivity contribution is 0.473. The maximum Gasteiger partial charge on any atom is 0.130 e. The van der Waals surface area contributed by atoms with E-state index >= 15 is 0 Å². The summed E-state index contributed by atoms with van der Waals surface area (Å²) >= 11 is 0. The first kappa shape index (κ1) is 18.1. The number of unbranched alkanes of at least 4 members (excludes halogenated alkanes) is 4. The Kier molecular flexibility index (Phi) is 6.04. The van der Waals surface area contributed by atoms with Gasteiger partial charge in [-0.05, 0) is 56.0 Å². The van der Waals surface area contributed by atoms with Crippen LogP contribution in [0.15, 0.2) is 23.8 Å². The summed E-state index contributed by atoms with van der Waals surface area (Å²) in [5.41, 5.74) is 3.84. The van der Waals surface area contributed by atoms with Crippen LogP contribution < -0.4 is 4.90 Å². The number of fused-ring (bicyclic) bond motifs is 1. The van der Waals surface area contributed by atoms with Crippen molar-refractivity contribution in [2.75, 3.05) is 11.4 Å². The summed E-state index contributed by atoms with van der Waals surface area (Å²) in [5, 5.41) is 17.8. The summed E-state index contributed by atoms with van der Waals surface area (Å²) < 4.78 is 0. The zero-order valence-corrected chi connectivity index (χ0v) is 15.1. The highest BCUT2D eigenvalue weighted by Gasteiger charge is 2.35. The minimum Gasteiger partial charge on any atom is -0.366 e. The van der Waals surface area contributed by atoms with E-state index in [0.29, 0.717) is 0 Å². The fourth-order valence-corrected chi connectivity index (χ4v) is 3.54. The lowest BCUT2D eigenvalue weighted by Crippen LogP contribution is -2.41. The molecule has 1 aliphatic rings. The molecule has 0 radical (unpaired) electrons. The van der Waals surface area contributed by atoms with Gasteiger partial charge in [-0.25, -0.2) is 0 Å². The van der Waals surface area contributed by atoms with Crippen molar-refractivity contribution in [3.8, 4) is 12.1 Å². The van der Waals surface area contributed by atoms with Gasteiger partial charge in [0.25, 0.3) is 0 Å². The average molecular weight is 321 g/mol. The average Bonchev–Trinajstić information content (AvgIpc) is 2.81. The number of allylic oxidation sites excluding steroid dienone is 1. The molecule has 0 amide bonds. The van der Waals surface area contributed by atoms with E-state index < -0.39 is 0 Å². The second kappa shape index (κ2) is 8.02. The van der Waals surface area contributed by atoms with E-state index in [0.717, 1.165) is 18.5 Å². The highest BCUT2D eigenvalue weighted by Crippen LogP contribution is 2.39. The topological polar surface area (TPSA) is 50.8 Å². The van der Waals surface area contributed by atoms with Gasteiger partial charge in [0.15, 0.2) is 0 Å². The maximum atomic E-state index is 8.92. The van der Waals surface area contributed by atoms with Crippen LogP contribution in [0.1, 0.15) is 64.0 Å². The quantitative estimate of drug-likeness (QED) is 0.510. The first-order valence-corrected chi connectivity index (χ1v) is 8.94. The Bertz CT molecular complexity index is 670. The first-order chi connectivity index (χ1) is 11.5. The molecule has 0 fully saturated rings. The molecule has 2 rings (SSSR count). The van der Waals surface area contributed by atoms with Crippen LogP contribution in [0, 0.1) is 22.7 Å². The molecule has 0 atom stereocenters.